The van der Waals surface area contributed by atoms with E-state index >= 15 is 0 Å². The zero-order valence-electron chi connectivity index (χ0n) is 10.8. The summed E-state index contributed by atoms with van der Waals surface area (Å²) in [5.41, 5.74) is 0. The van der Waals surface area contributed by atoms with Crippen LogP contribution in [0, 0.1) is 27.7 Å². The van der Waals surface area contributed by atoms with Crippen molar-refractivity contribution in [1.29, 1.82) is 0 Å². The Kier molecular flexibility index (Phi) is 1900. The fourth-order valence-electron chi connectivity index (χ4n) is 0. The van der Waals surface area contributed by atoms with Gasteiger partial charge in [0.15, 0.2) is 0 Å². The standard InChI is InChI=1S/4C2H5.4Li/c4*1-2;;;;/h4*1H2,2H3;;;;/q4*-1;4*+1. The molecule has 0 radical (unpaired) electrons. The number of rotatable bonds is 0. The molecule has 0 aliphatic rings. The molecule has 4 heteroatoms. The van der Waals surface area contributed by atoms with Crippen LogP contribution in [-0.2, 0) is 0 Å². The predicted molar refractivity (Wildman–Crippen MR) is 44.1 cm³/mol. The Hall–Kier alpha value is 2.39. The molecule has 0 spiro atoms. The van der Waals surface area contributed by atoms with Crippen LogP contribution in [0.2, 0.25) is 0 Å². The van der Waals surface area contributed by atoms with Crippen molar-refractivity contribution in [2.75, 3.05) is 0 Å². The van der Waals surface area contributed by atoms with Gasteiger partial charge < -0.3 is 27.7 Å². The van der Waals surface area contributed by atoms with Gasteiger partial charge in [-0.15, -0.1) is 0 Å². The Morgan fingerprint density at radius 2 is 0.333 bits per heavy atom. The molecule has 0 atom stereocenters. The van der Waals surface area contributed by atoms with Gasteiger partial charge in [-0.3, -0.25) is 0 Å². The third-order valence-corrected chi connectivity index (χ3v) is 0. The first-order valence-corrected chi connectivity index (χ1v) is 2.83. The van der Waals surface area contributed by atoms with Gasteiger partial charge in [-0.1, -0.05) is 0 Å². The molecule has 0 aliphatic carbocycles. The number of hydrogen-bond acceptors (Lipinski definition) is 0. The molecule has 0 aliphatic heterocycles. The first-order chi connectivity index (χ1) is 4.00. The van der Waals surface area contributed by atoms with Gasteiger partial charge in [0.05, 0.1) is 0 Å². The second kappa shape index (κ2) is 360. The molecule has 0 aromatic carbocycles. The monoisotopic (exact) mass is 144 g/mol. The maximum Gasteiger partial charge on any atom is 1.00 e. The maximum atomic E-state index is 3.25. The zero-order chi connectivity index (χ0) is 8.00. The second-order valence-electron chi connectivity index (χ2n) is 0. The Labute approximate surface area is 130 Å². The van der Waals surface area contributed by atoms with Crippen LogP contribution in [0.3, 0.4) is 0 Å². The van der Waals surface area contributed by atoms with Gasteiger partial charge in [0, 0.05) is 0 Å². The summed E-state index contributed by atoms with van der Waals surface area (Å²) in [5, 5.41) is 0. The molecular formula is C8H20Li4. The van der Waals surface area contributed by atoms with E-state index in [0.29, 0.717) is 0 Å². The fraction of sp³-hybridized carbons (Fsp3) is 0.500. The third-order valence-electron chi connectivity index (χ3n) is 0. The van der Waals surface area contributed by atoms with Gasteiger partial charge in [0.1, 0.15) is 0 Å². The smallest absolute Gasteiger partial charge is 0.346 e. The summed E-state index contributed by atoms with van der Waals surface area (Å²) in [7, 11) is 0. The average Bonchev–Trinajstić information content (AvgIpc) is 2.03. The van der Waals surface area contributed by atoms with E-state index in [1.807, 2.05) is 0 Å². The fourth-order valence-corrected chi connectivity index (χ4v) is 0. The van der Waals surface area contributed by atoms with Crippen molar-refractivity contribution >= 4 is 0 Å². The molecule has 0 N–H and O–H groups in total. The summed E-state index contributed by atoms with van der Waals surface area (Å²) in [6.45, 7) is 20.0. The van der Waals surface area contributed by atoms with Crippen molar-refractivity contribution < 1.29 is 75.4 Å². The first-order valence-electron chi connectivity index (χ1n) is 2.83. The van der Waals surface area contributed by atoms with E-state index in [0.717, 1.165) is 0 Å². The quantitative estimate of drug-likeness (QED) is 0.234. The van der Waals surface area contributed by atoms with Crippen molar-refractivity contribution in [1.82, 2.24) is 0 Å². The summed E-state index contributed by atoms with van der Waals surface area (Å²) in [4.78, 5) is 0. The zero-order valence-corrected chi connectivity index (χ0v) is 10.8. The summed E-state index contributed by atoms with van der Waals surface area (Å²) in [6.07, 6.45) is 0. The van der Waals surface area contributed by atoms with Crippen LogP contribution in [0.1, 0.15) is 27.7 Å². The van der Waals surface area contributed by atoms with Crippen molar-refractivity contribution in [2.24, 2.45) is 0 Å². The Morgan fingerprint density at radius 1 is 0.333 bits per heavy atom. The van der Waals surface area contributed by atoms with Crippen LogP contribution in [0.25, 0.3) is 0 Å². The average molecular weight is 144 g/mol. The molecule has 0 unspecified atom stereocenters. The maximum absolute atomic E-state index is 3.25. The summed E-state index contributed by atoms with van der Waals surface area (Å²) >= 11 is 0. The molecule has 0 nitrogen and oxygen atoms in total. The Morgan fingerprint density at radius 3 is 0.333 bits per heavy atom. The van der Waals surface area contributed by atoms with Crippen LogP contribution in [0.4, 0.5) is 0 Å². The van der Waals surface area contributed by atoms with Crippen molar-refractivity contribution in [3.63, 3.8) is 0 Å². The minimum Gasteiger partial charge on any atom is -0.346 e. The van der Waals surface area contributed by atoms with Crippen molar-refractivity contribution in [3.05, 3.63) is 27.7 Å². The SMILES string of the molecule is [CH2-]C.[CH2-]C.[CH2-]C.[CH2-]C.[Li+].[Li+].[Li+].[Li+]. The number of hydrogen-bond donors (Lipinski definition) is 0. The largest absolute Gasteiger partial charge is 1.00 e. The molecule has 0 heterocycles. The van der Waals surface area contributed by atoms with E-state index < -0.39 is 0 Å². The molecule has 0 amide bonds. The molecule has 0 aromatic heterocycles. The molecule has 56 valence electrons. The van der Waals surface area contributed by atoms with E-state index in [4.69, 9.17) is 0 Å². The molecule has 12 heavy (non-hydrogen) atoms. The minimum atomic E-state index is 0. The van der Waals surface area contributed by atoms with Crippen molar-refractivity contribution in [3.8, 4) is 0 Å². The summed E-state index contributed by atoms with van der Waals surface area (Å²) < 4.78 is 0. The molecule has 0 fully saturated rings. The van der Waals surface area contributed by atoms with E-state index in [9.17, 15) is 0 Å². The van der Waals surface area contributed by atoms with E-state index in [1.165, 1.54) is 0 Å². The van der Waals surface area contributed by atoms with E-state index in [-0.39, 0.29) is 75.4 Å². The molecule has 0 bridgehead atoms. The second-order valence-corrected chi connectivity index (χ2v) is 0. The first kappa shape index (κ1) is 63.2. The summed E-state index contributed by atoms with van der Waals surface area (Å²) in [5.74, 6) is 0. The molecule has 0 rings (SSSR count). The molecule has 0 saturated heterocycles. The molecular weight excluding hydrogens is 124 g/mol. The van der Waals surface area contributed by atoms with E-state index in [2.05, 4.69) is 27.7 Å². The van der Waals surface area contributed by atoms with Gasteiger partial charge in [-0.05, 0) is 0 Å². The van der Waals surface area contributed by atoms with Crippen LogP contribution >= 0.6 is 0 Å². The molecule has 0 saturated carbocycles. The van der Waals surface area contributed by atoms with Gasteiger partial charge in [0.2, 0.25) is 0 Å². The Balaban J connectivity index is -0.00000000267. The minimum absolute atomic E-state index is 0. The van der Waals surface area contributed by atoms with Gasteiger partial charge >= 0.3 is 75.4 Å². The predicted octanol–water partition coefficient (Wildman–Crippen LogP) is -8.62. The summed E-state index contributed by atoms with van der Waals surface area (Å²) in [6, 6.07) is 0. The normalized spacial score (nSPS) is 2.00. The van der Waals surface area contributed by atoms with Gasteiger partial charge in [0.25, 0.3) is 0 Å². The Bertz CT molecular complexity index is 11.0. The van der Waals surface area contributed by atoms with E-state index in [1.54, 1.807) is 27.7 Å². The molecule has 0 aromatic rings. The van der Waals surface area contributed by atoms with Crippen LogP contribution in [0.15, 0.2) is 0 Å². The van der Waals surface area contributed by atoms with Crippen LogP contribution in [0.5, 0.6) is 0 Å². The third kappa shape index (κ3) is 281. The van der Waals surface area contributed by atoms with Gasteiger partial charge in [-0.2, -0.15) is 27.7 Å². The van der Waals surface area contributed by atoms with Gasteiger partial charge in [-0.25, -0.2) is 0 Å². The van der Waals surface area contributed by atoms with Crippen LogP contribution in [-0.4, -0.2) is 0 Å². The van der Waals surface area contributed by atoms with Crippen LogP contribution < -0.4 is 75.4 Å². The topological polar surface area (TPSA) is 0 Å². The van der Waals surface area contributed by atoms with Crippen molar-refractivity contribution in [2.45, 2.75) is 27.7 Å².